The van der Waals surface area contributed by atoms with Gasteiger partial charge in [0, 0.05) is 49.7 Å². The van der Waals surface area contributed by atoms with Crippen LogP contribution in [0.3, 0.4) is 0 Å². The number of rotatable bonds is 7. The summed E-state index contributed by atoms with van der Waals surface area (Å²) < 4.78 is 71.5. The number of hydrogen-bond donors (Lipinski definition) is 2. The van der Waals surface area contributed by atoms with E-state index in [0.29, 0.717) is 12.6 Å². The van der Waals surface area contributed by atoms with Gasteiger partial charge in [-0.3, -0.25) is 14.6 Å². The molecule has 4 rings (SSSR count). The highest BCUT2D eigenvalue weighted by molar-refractivity contribution is 7.10. The number of alkyl halides is 6. The van der Waals surface area contributed by atoms with Gasteiger partial charge in [0.25, 0.3) is 0 Å². The monoisotopic (exact) mass is 596 g/mol. The van der Waals surface area contributed by atoms with E-state index < -0.39 is 24.3 Å². The van der Waals surface area contributed by atoms with Gasteiger partial charge in [0.15, 0.2) is 0 Å². The average Bonchev–Trinajstić information content (AvgIpc) is 3.51. The Balaban J connectivity index is 0.000000333. The smallest absolute Gasteiger partial charge is 0.475 e. The van der Waals surface area contributed by atoms with Crippen LogP contribution >= 0.6 is 11.3 Å². The highest BCUT2D eigenvalue weighted by atomic mass is 32.1. The lowest BCUT2D eigenvalue weighted by Gasteiger charge is -2.33. The van der Waals surface area contributed by atoms with Crippen molar-refractivity contribution in [2.24, 2.45) is 0 Å². The van der Waals surface area contributed by atoms with Gasteiger partial charge in [-0.25, -0.2) is 9.59 Å². The molecule has 0 saturated carbocycles. The van der Waals surface area contributed by atoms with E-state index in [4.69, 9.17) is 24.5 Å². The number of aryl methyl sites for hydroxylation is 1. The Hall–Kier alpha value is -3.50. The summed E-state index contributed by atoms with van der Waals surface area (Å²) in [5, 5.41) is 21.0. The van der Waals surface area contributed by atoms with Crippen LogP contribution in [0.15, 0.2) is 48.2 Å². The number of aliphatic carboxylic acids is 2. The number of carboxylic acid groups (broad SMARTS) is 2. The molecular weight excluding hydrogens is 570 g/mol. The van der Waals surface area contributed by atoms with Crippen molar-refractivity contribution in [3.05, 3.63) is 69.9 Å². The minimum absolute atomic E-state index is 0.364. The largest absolute Gasteiger partial charge is 0.490 e. The molecule has 0 bridgehead atoms. The van der Waals surface area contributed by atoms with Gasteiger partial charge in [-0.05, 0) is 48.1 Å². The van der Waals surface area contributed by atoms with E-state index in [1.54, 1.807) is 6.20 Å². The van der Waals surface area contributed by atoms with Gasteiger partial charge in [-0.1, -0.05) is 6.07 Å². The molecule has 0 amide bonds. The van der Waals surface area contributed by atoms with Crippen molar-refractivity contribution < 1.29 is 50.9 Å². The molecule has 0 aliphatic carbocycles. The Labute approximate surface area is 228 Å². The molecule has 1 unspecified atom stereocenters. The molecule has 4 heterocycles. The molecule has 1 aliphatic heterocycles. The van der Waals surface area contributed by atoms with Gasteiger partial charge in [0.1, 0.15) is 0 Å². The molecule has 9 nitrogen and oxygen atoms in total. The molecule has 3 aromatic heterocycles. The number of ether oxygens (including phenoxy) is 1. The van der Waals surface area contributed by atoms with E-state index in [-0.39, 0.29) is 0 Å². The summed E-state index contributed by atoms with van der Waals surface area (Å²) in [6.07, 6.45) is -3.64. The van der Waals surface area contributed by atoms with Crippen LogP contribution in [0.2, 0.25) is 0 Å². The van der Waals surface area contributed by atoms with E-state index in [1.807, 2.05) is 35.9 Å². The maximum atomic E-state index is 10.6. The minimum Gasteiger partial charge on any atom is -0.475 e. The normalized spacial score (nSPS) is 15.2. The van der Waals surface area contributed by atoms with Gasteiger partial charge in [0.05, 0.1) is 18.3 Å². The van der Waals surface area contributed by atoms with E-state index >= 15 is 0 Å². The lowest BCUT2D eigenvalue weighted by molar-refractivity contribution is -0.193. The van der Waals surface area contributed by atoms with Crippen LogP contribution < -0.4 is 0 Å². The Morgan fingerprint density at radius 3 is 2.25 bits per heavy atom. The summed E-state index contributed by atoms with van der Waals surface area (Å²) in [6, 6.07) is 8.70. The van der Waals surface area contributed by atoms with Crippen molar-refractivity contribution in [2.45, 2.75) is 51.4 Å². The van der Waals surface area contributed by atoms with Crippen molar-refractivity contribution in [3.8, 4) is 0 Å². The molecule has 16 heteroatoms. The second kappa shape index (κ2) is 14.8. The molecule has 0 radical (unpaired) electrons. The van der Waals surface area contributed by atoms with Crippen LogP contribution in [0.4, 0.5) is 26.3 Å². The zero-order valence-corrected chi connectivity index (χ0v) is 21.8. The number of carbonyl (C=O) groups is 2. The number of hydrogen-bond acceptors (Lipinski definition) is 7. The molecule has 1 atom stereocenters. The van der Waals surface area contributed by atoms with Crippen molar-refractivity contribution in [2.75, 3.05) is 13.2 Å². The molecule has 0 saturated heterocycles. The van der Waals surface area contributed by atoms with Crippen LogP contribution in [0, 0.1) is 6.92 Å². The maximum absolute atomic E-state index is 10.6. The van der Waals surface area contributed by atoms with Gasteiger partial charge >= 0.3 is 24.3 Å². The Kier molecular flexibility index (Phi) is 12.1. The molecule has 1 aliphatic rings. The summed E-state index contributed by atoms with van der Waals surface area (Å²) in [6.45, 7) is 6.54. The van der Waals surface area contributed by atoms with Crippen molar-refractivity contribution in [3.63, 3.8) is 0 Å². The van der Waals surface area contributed by atoms with Crippen LogP contribution in [0.1, 0.15) is 34.2 Å². The maximum Gasteiger partial charge on any atom is 0.490 e. The minimum atomic E-state index is -5.08. The number of aromatic nitrogens is 3. The van der Waals surface area contributed by atoms with Crippen LogP contribution in [0.5, 0.6) is 0 Å². The predicted octanol–water partition coefficient (Wildman–Crippen LogP) is 5.08. The number of pyridine rings is 1. The fraction of sp³-hybridized carbons (Fsp3) is 0.417. The van der Waals surface area contributed by atoms with Crippen LogP contribution in [-0.2, 0) is 34.0 Å². The third kappa shape index (κ3) is 10.9. The number of halogens is 6. The lowest BCUT2D eigenvalue weighted by Crippen LogP contribution is -2.37. The van der Waals surface area contributed by atoms with Gasteiger partial charge in [-0.2, -0.15) is 31.4 Å². The molecule has 2 N–H and O–H groups in total. The fourth-order valence-corrected chi connectivity index (χ4v) is 4.41. The SMILES string of the molecule is Cc1ccsc1CN1Cc2ccnn2C(CCOCc2cccnc2)C1.O=C(O)C(F)(F)F.O=C(O)C(F)(F)F. The summed E-state index contributed by atoms with van der Waals surface area (Å²) in [4.78, 5) is 25.9. The van der Waals surface area contributed by atoms with Crippen molar-refractivity contribution >= 4 is 23.3 Å². The molecule has 0 spiro atoms. The third-order valence-corrected chi connectivity index (χ3v) is 6.37. The zero-order chi connectivity index (χ0) is 29.9. The average molecular weight is 597 g/mol. The summed E-state index contributed by atoms with van der Waals surface area (Å²) in [7, 11) is 0. The van der Waals surface area contributed by atoms with Crippen LogP contribution in [0.25, 0.3) is 0 Å². The van der Waals surface area contributed by atoms with Gasteiger partial charge in [-0.15, -0.1) is 11.3 Å². The van der Waals surface area contributed by atoms with E-state index in [1.165, 1.54) is 16.1 Å². The quantitative estimate of drug-likeness (QED) is 0.287. The summed E-state index contributed by atoms with van der Waals surface area (Å²) in [5.74, 6) is -5.51. The predicted molar refractivity (Wildman–Crippen MR) is 130 cm³/mol. The van der Waals surface area contributed by atoms with Crippen LogP contribution in [-0.4, -0.2) is 67.3 Å². The fourth-order valence-electron chi connectivity index (χ4n) is 3.46. The van der Waals surface area contributed by atoms with Gasteiger partial charge < -0.3 is 14.9 Å². The highest BCUT2D eigenvalue weighted by Gasteiger charge is 2.38. The standard InChI is InChI=1S/C20H24N4OS.2C2HF3O2/c1-16-6-10-26-20(16)14-23-12-18-4-8-22-24(18)19(13-23)5-9-25-15-17-3-2-7-21-11-17;2*3-2(4,5)1(6)7/h2-4,6-8,10-11,19H,5,9,12-15H2,1H3;2*(H,6,7). The number of fused-ring (bicyclic) bond motifs is 1. The third-order valence-electron chi connectivity index (χ3n) is 5.36. The summed E-state index contributed by atoms with van der Waals surface area (Å²) >= 11 is 1.85. The Bertz CT molecular complexity index is 1190. The topological polar surface area (TPSA) is 118 Å². The molecular formula is C24H26F6N4O5S. The zero-order valence-electron chi connectivity index (χ0n) is 21.0. The van der Waals surface area contributed by atoms with E-state index in [9.17, 15) is 26.3 Å². The molecule has 0 aromatic carbocycles. The molecule has 40 heavy (non-hydrogen) atoms. The van der Waals surface area contributed by atoms with Crippen molar-refractivity contribution in [1.82, 2.24) is 19.7 Å². The summed E-state index contributed by atoms with van der Waals surface area (Å²) in [5.41, 5.74) is 3.80. The second-order valence-corrected chi connectivity index (χ2v) is 9.43. The van der Waals surface area contributed by atoms with Gasteiger partial charge in [0.2, 0.25) is 0 Å². The first kappa shape index (κ1) is 32.7. The van der Waals surface area contributed by atoms with E-state index in [0.717, 1.165) is 38.2 Å². The number of carboxylic acids is 2. The number of nitrogens with zero attached hydrogens (tertiary/aromatic N) is 4. The second-order valence-electron chi connectivity index (χ2n) is 8.43. The highest BCUT2D eigenvalue weighted by Crippen LogP contribution is 2.26. The number of thiophene rings is 1. The van der Waals surface area contributed by atoms with E-state index in [2.05, 4.69) is 44.1 Å². The van der Waals surface area contributed by atoms with Crippen molar-refractivity contribution in [1.29, 1.82) is 0 Å². The first-order valence-corrected chi connectivity index (χ1v) is 12.4. The first-order chi connectivity index (χ1) is 18.7. The first-order valence-electron chi connectivity index (χ1n) is 11.5. The molecule has 0 fully saturated rings. The Morgan fingerprint density at radius 2 is 1.73 bits per heavy atom. The Morgan fingerprint density at radius 1 is 1.07 bits per heavy atom. The molecule has 220 valence electrons. The molecule has 3 aromatic rings. The lowest BCUT2D eigenvalue weighted by atomic mass is 10.1.